The number of amides is 1. The minimum absolute atomic E-state index is 0.0182. The lowest BCUT2D eigenvalue weighted by molar-refractivity contribution is -0.119. The van der Waals surface area contributed by atoms with Gasteiger partial charge in [-0.2, -0.15) is 0 Å². The van der Waals surface area contributed by atoms with E-state index in [1.165, 1.54) is 17.3 Å². The number of hydrogen-bond donors (Lipinski definition) is 1. The summed E-state index contributed by atoms with van der Waals surface area (Å²) in [5, 5.41) is 12.2. The van der Waals surface area contributed by atoms with E-state index in [-0.39, 0.29) is 29.2 Å². The molecule has 0 spiro atoms. The fraction of sp³-hybridized carbons (Fsp3) is 0.318. The lowest BCUT2D eigenvalue weighted by Crippen LogP contribution is -2.36. The predicted octanol–water partition coefficient (Wildman–Crippen LogP) is 3.35. The van der Waals surface area contributed by atoms with Crippen LogP contribution in [0.3, 0.4) is 0 Å². The summed E-state index contributed by atoms with van der Waals surface area (Å²) < 4.78 is 26.2. The molecule has 1 amide bonds. The Morgan fingerprint density at radius 1 is 1.12 bits per heavy atom. The van der Waals surface area contributed by atoms with Crippen molar-refractivity contribution >= 4 is 43.4 Å². The second kappa shape index (κ2) is 10.2. The van der Waals surface area contributed by atoms with Gasteiger partial charge in [-0.05, 0) is 30.5 Å². The minimum atomic E-state index is -3.03. The number of benzene rings is 2. The van der Waals surface area contributed by atoms with Crippen molar-refractivity contribution in [1.29, 1.82) is 0 Å². The number of sulfone groups is 1. The van der Waals surface area contributed by atoms with Crippen LogP contribution in [0, 0.1) is 0 Å². The number of thioether (sulfide) groups is 1. The molecule has 10 heteroatoms. The molecule has 0 radical (unpaired) electrons. The fourth-order valence-electron chi connectivity index (χ4n) is 3.60. The van der Waals surface area contributed by atoms with Crippen LogP contribution in [0.4, 0.5) is 0 Å². The van der Waals surface area contributed by atoms with Crippen LogP contribution in [0.5, 0.6) is 0 Å². The molecule has 1 unspecified atom stereocenters. The Morgan fingerprint density at radius 2 is 1.88 bits per heavy atom. The third kappa shape index (κ3) is 5.99. The molecule has 2 aromatic carbocycles. The van der Waals surface area contributed by atoms with Crippen LogP contribution in [0.2, 0.25) is 0 Å². The van der Waals surface area contributed by atoms with Gasteiger partial charge in [0.05, 0.1) is 17.3 Å². The zero-order valence-electron chi connectivity index (χ0n) is 17.3. The van der Waals surface area contributed by atoms with E-state index in [1.54, 1.807) is 0 Å². The van der Waals surface area contributed by atoms with Gasteiger partial charge >= 0.3 is 0 Å². The largest absolute Gasteiger partial charge is 0.352 e. The van der Waals surface area contributed by atoms with Gasteiger partial charge < -0.3 is 9.88 Å². The van der Waals surface area contributed by atoms with E-state index in [0.29, 0.717) is 18.1 Å². The summed E-state index contributed by atoms with van der Waals surface area (Å²) in [5.74, 6) is 0.860. The molecule has 1 saturated heterocycles. The summed E-state index contributed by atoms with van der Waals surface area (Å²) in [6.45, 7) is 0.674. The normalized spacial score (nSPS) is 17.3. The van der Waals surface area contributed by atoms with E-state index in [2.05, 4.69) is 43.6 Å². The summed E-state index contributed by atoms with van der Waals surface area (Å²) >= 11 is 4.77. The topological polar surface area (TPSA) is 93.9 Å². The van der Waals surface area contributed by atoms with Gasteiger partial charge in [0.1, 0.15) is 0 Å². The average Bonchev–Trinajstić information content (AvgIpc) is 3.34. The summed E-state index contributed by atoms with van der Waals surface area (Å²) in [6, 6.07) is 17.8. The maximum Gasteiger partial charge on any atom is 0.230 e. The first-order chi connectivity index (χ1) is 15.4. The van der Waals surface area contributed by atoms with Gasteiger partial charge in [-0.1, -0.05) is 70.2 Å². The Morgan fingerprint density at radius 3 is 2.56 bits per heavy atom. The van der Waals surface area contributed by atoms with Gasteiger partial charge in [-0.15, -0.1) is 10.2 Å². The molecular weight excluding hydrogens is 512 g/mol. The average molecular weight is 535 g/mol. The van der Waals surface area contributed by atoms with Crippen LogP contribution < -0.4 is 5.32 Å². The number of nitrogens with one attached hydrogen (secondary N) is 1. The first-order valence-electron chi connectivity index (χ1n) is 10.3. The van der Waals surface area contributed by atoms with Crippen molar-refractivity contribution in [3.63, 3.8) is 0 Å². The van der Waals surface area contributed by atoms with Crippen LogP contribution in [0.25, 0.3) is 11.4 Å². The maximum absolute atomic E-state index is 12.4. The summed E-state index contributed by atoms with van der Waals surface area (Å²) in [5.41, 5.74) is 2.15. The SMILES string of the molecule is O=C(CSc1nnc(-c2ccc(Br)cc2)n1CCc1ccccc1)NC1CCS(=O)(=O)C1. The number of carbonyl (C=O) groups is 1. The number of hydrogen-bond acceptors (Lipinski definition) is 6. The number of carbonyl (C=O) groups excluding carboxylic acids is 1. The van der Waals surface area contributed by atoms with Gasteiger partial charge in [-0.25, -0.2) is 8.42 Å². The van der Waals surface area contributed by atoms with Crippen molar-refractivity contribution in [3.8, 4) is 11.4 Å². The highest BCUT2D eigenvalue weighted by Gasteiger charge is 2.29. The Balaban J connectivity index is 1.47. The van der Waals surface area contributed by atoms with Crippen molar-refractivity contribution in [1.82, 2.24) is 20.1 Å². The third-order valence-electron chi connectivity index (χ3n) is 5.22. The zero-order valence-corrected chi connectivity index (χ0v) is 20.5. The van der Waals surface area contributed by atoms with Crippen LogP contribution in [0.15, 0.2) is 64.2 Å². The highest BCUT2D eigenvalue weighted by molar-refractivity contribution is 9.10. The Labute approximate surface area is 200 Å². The number of aryl methyl sites for hydroxylation is 1. The van der Waals surface area contributed by atoms with Crippen molar-refractivity contribution < 1.29 is 13.2 Å². The molecule has 0 bridgehead atoms. The molecular formula is C22H23BrN4O3S2. The number of aromatic nitrogens is 3. The van der Waals surface area contributed by atoms with Gasteiger partial charge in [0.2, 0.25) is 5.91 Å². The number of rotatable bonds is 8. The number of halogens is 1. The molecule has 1 fully saturated rings. The quantitative estimate of drug-likeness (QED) is 0.445. The first-order valence-corrected chi connectivity index (χ1v) is 13.9. The minimum Gasteiger partial charge on any atom is -0.352 e. The number of nitrogens with zero attached hydrogens (tertiary/aromatic N) is 3. The molecule has 1 atom stereocenters. The third-order valence-corrected chi connectivity index (χ3v) is 8.48. The second-order valence-corrected chi connectivity index (χ2v) is 11.7. The highest BCUT2D eigenvalue weighted by Crippen LogP contribution is 2.26. The van der Waals surface area contributed by atoms with E-state index < -0.39 is 9.84 Å². The molecule has 168 valence electrons. The van der Waals surface area contributed by atoms with Crippen molar-refractivity contribution in [3.05, 3.63) is 64.6 Å². The lowest BCUT2D eigenvalue weighted by atomic mass is 10.1. The van der Waals surface area contributed by atoms with Crippen molar-refractivity contribution in [2.24, 2.45) is 0 Å². The van der Waals surface area contributed by atoms with E-state index in [9.17, 15) is 13.2 Å². The first kappa shape index (κ1) is 23.0. The van der Waals surface area contributed by atoms with Gasteiger partial charge in [-0.3, -0.25) is 4.79 Å². The predicted molar refractivity (Wildman–Crippen MR) is 129 cm³/mol. The smallest absolute Gasteiger partial charge is 0.230 e. The summed E-state index contributed by atoms with van der Waals surface area (Å²) in [4.78, 5) is 12.4. The fourth-order valence-corrected chi connectivity index (χ4v) is 6.32. The van der Waals surface area contributed by atoms with Crippen LogP contribution >= 0.6 is 27.7 Å². The van der Waals surface area contributed by atoms with Crippen LogP contribution in [-0.4, -0.2) is 52.4 Å². The van der Waals surface area contributed by atoms with E-state index in [1.807, 2.05) is 47.0 Å². The standard InChI is InChI=1S/C22H23BrN4O3S2/c23-18-8-6-17(7-9-18)21-25-26-22(27(21)12-10-16-4-2-1-3-5-16)31-14-20(28)24-19-11-13-32(29,30)15-19/h1-9,19H,10-15H2,(H,24,28). The molecule has 7 nitrogen and oxygen atoms in total. The molecule has 1 N–H and O–H groups in total. The molecule has 0 saturated carbocycles. The molecule has 2 heterocycles. The monoisotopic (exact) mass is 534 g/mol. The van der Waals surface area contributed by atoms with Crippen LogP contribution in [0.1, 0.15) is 12.0 Å². The summed E-state index contributed by atoms with van der Waals surface area (Å²) in [7, 11) is -3.03. The molecule has 1 aliphatic rings. The Kier molecular flexibility index (Phi) is 7.32. The maximum atomic E-state index is 12.4. The van der Waals surface area contributed by atoms with Gasteiger partial charge in [0.25, 0.3) is 0 Å². The highest BCUT2D eigenvalue weighted by atomic mass is 79.9. The lowest BCUT2D eigenvalue weighted by Gasteiger charge is -2.12. The van der Waals surface area contributed by atoms with Gasteiger partial charge in [0, 0.05) is 22.6 Å². The molecule has 1 aromatic heterocycles. The van der Waals surface area contributed by atoms with Crippen molar-refractivity contribution in [2.45, 2.75) is 30.6 Å². The molecule has 0 aliphatic carbocycles. The molecule has 1 aliphatic heterocycles. The second-order valence-electron chi connectivity index (χ2n) is 7.66. The molecule has 3 aromatic rings. The Hall–Kier alpha value is -2.17. The molecule has 32 heavy (non-hydrogen) atoms. The van der Waals surface area contributed by atoms with E-state index in [0.717, 1.165) is 22.3 Å². The Bertz CT molecular complexity index is 1180. The van der Waals surface area contributed by atoms with E-state index >= 15 is 0 Å². The van der Waals surface area contributed by atoms with Crippen molar-refractivity contribution in [2.75, 3.05) is 17.3 Å². The molecule has 4 rings (SSSR count). The van der Waals surface area contributed by atoms with Gasteiger partial charge in [0.15, 0.2) is 20.8 Å². The summed E-state index contributed by atoms with van der Waals surface area (Å²) in [6.07, 6.45) is 1.28. The van der Waals surface area contributed by atoms with Crippen LogP contribution in [-0.2, 0) is 27.6 Å². The van der Waals surface area contributed by atoms with E-state index in [4.69, 9.17) is 0 Å². The zero-order chi connectivity index (χ0) is 22.6.